The van der Waals surface area contributed by atoms with Crippen LogP contribution in [0.4, 0.5) is 0 Å². The van der Waals surface area contributed by atoms with Crippen LogP contribution in [0.15, 0.2) is 60.7 Å². The third kappa shape index (κ3) is 5.91. The summed E-state index contributed by atoms with van der Waals surface area (Å²) in [6.07, 6.45) is 0. The van der Waals surface area contributed by atoms with Crippen molar-refractivity contribution in [3.05, 3.63) is 71.8 Å². The molecule has 0 heterocycles. The van der Waals surface area contributed by atoms with Crippen molar-refractivity contribution in [2.45, 2.75) is 38.8 Å². The monoisotopic (exact) mass is 396 g/mol. The van der Waals surface area contributed by atoms with Crippen molar-refractivity contribution in [2.24, 2.45) is 5.92 Å². The van der Waals surface area contributed by atoms with Crippen LogP contribution in [-0.2, 0) is 19.1 Å². The SMILES string of the molecule is COC(=O)[C@@H](NC(=O)[C@H](NC(C)=O)C(C)C)C(c1ccccc1)c1ccccc1. The standard InChI is InChI=1S/C23H28N2O4/c1-15(2)20(24-16(3)26)22(27)25-21(23(28)29-4)19(17-11-7-5-8-12-17)18-13-9-6-10-14-18/h5-15,19-21H,1-4H3,(H,24,26)(H,25,27)/t20-,21+/m1/s1. The van der Waals surface area contributed by atoms with Gasteiger partial charge in [-0.2, -0.15) is 0 Å². The highest BCUT2D eigenvalue weighted by molar-refractivity contribution is 5.91. The molecule has 2 amide bonds. The number of carbonyl (C=O) groups is 3. The molecule has 2 aromatic carbocycles. The van der Waals surface area contributed by atoms with E-state index in [9.17, 15) is 14.4 Å². The lowest BCUT2D eigenvalue weighted by Gasteiger charge is -2.29. The lowest BCUT2D eigenvalue weighted by molar-refractivity contribution is -0.146. The molecule has 0 aliphatic heterocycles. The molecule has 0 radical (unpaired) electrons. The van der Waals surface area contributed by atoms with Crippen molar-refractivity contribution >= 4 is 17.8 Å². The van der Waals surface area contributed by atoms with E-state index >= 15 is 0 Å². The van der Waals surface area contributed by atoms with Crippen LogP contribution in [0.3, 0.4) is 0 Å². The van der Waals surface area contributed by atoms with Crippen molar-refractivity contribution in [3.8, 4) is 0 Å². The highest BCUT2D eigenvalue weighted by Crippen LogP contribution is 2.29. The largest absolute Gasteiger partial charge is 0.467 e. The average molecular weight is 396 g/mol. The Hall–Kier alpha value is -3.15. The Morgan fingerprint density at radius 2 is 1.28 bits per heavy atom. The third-order valence-corrected chi connectivity index (χ3v) is 4.71. The smallest absolute Gasteiger partial charge is 0.329 e. The number of carbonyl (C=O) groups excluding carboxylic acids is 3. The van der Waals surface area contributed by atoms with Gasteiger partial charge in [-0.15, -0.1) is 0 Å². The summed E-state index contributed by atoms with van der Waals surface area (Å²) in [4.78, 5) is 37.2. The van der Waals surface area contributed by atoms with Crippen molar-refractivity contribution in [1.29, 1.82) is 0 Å². The Kier molecular flexibility index (Phi) is 7.95. The zero-order valence-electron chi connectivity index (χ0n) is 17.2. The first-order valence-corrected chi connectivity index (χ1v) is 9.60. The van der Waals surface area contributed by atoms with Crippen LogP contribution in [0.1, 0.15) is 37.8 Å². The maximum absolute atomic E-state index is 13.0. The van der Waals surface area contributed by atoms with Crippen LogP contribution in [0, 0.1) is 5.92 Å². The van der Waals surface area contributed by atoms with Gasteiger partial charge in [0.25, 0.3) is 0 Å². The number of ether oxygens (including phenoxy) is 1. The molecule has 154 valence electrons. The van der Waals surface area contributed by atoms with Crippen molar-refractivity contribution in [1.82, 2.24) is 10.6 Å². The molecule has 0 aliphatic carbocycles. The van der Waals surface area contributed by atoms with E-state index in [2.05, 4.69) is 10.6 Å². The van der Waals surface area contributed by atoms with Crippen LogP contribution in [0.25, 0.3) is 0 Å². The van der Waals surface area contributed by atoms with E-state index in [0.29, 0.717) is 0 Å². The Labute approximate surface area is 171 Å². The molecule has 0 fully saturated rings. The molecule has 6 nitrogen and oxygen atoms in total. The van der Waals surface area contributed by atoms with Crippen LogP contribution in [0.2, 0.25) is 0 Å². The molecule has 0 bridgehead atoms. The topological polar surface area (TPSA) is 84.5 Å². The molecule has 29 heavy (non-hydrogen) atoms. The number of esters is 1. The third-order valence-electron chi connectivity index (χ3n) is 4.71. The van der Waals surface area contributed by atoms with Gasteiger partial charge in [0.05, 0.1) is 7.11 Å². The highest BCUT2D eigenvalue weighted by atomic mass is 16.5. The molecule has 0 saturated carbocycles. The molecule has 2 rings (SSSR count). The second-order valence-corrected chi connectivity index (χ2v) is 7.23. The fraction of sp³-hybridized carbons (Fsp3) is 0.348. The number of methoxy groups -OCH3 is 1. The summed E-state index contributed by atoms with van der Waals surface area (Å²) in [7, 11) is 1.29. The molecule has 2 N–H and O–H groups in total. The lowest BCUT2D eigenvalue weighted by atomic mass is 9.84. The average Bonchev–Trinajstić information content (AvgIpc) is 2.72. The first-order valence-electron chi connectivity index (χ1n) is 9.60. The van der Waals surface area contributed by atoms with E-state index in [1.165, 1.54) is 14.0 Å². The summed E-state index contributed by atoms with van der Waals surface area (Å²) in [5.41, 5.74) is 1.74. The summed E-state index contributed by atoms with van der Waals surface area (Å²) < 4.78 is 5.02. The Morgan fingerprint density at radius 1 is 0.793 bits per heavy atom. The van der Waals surface area contributed by atoms with Gasteiger partial charge in [0.15, 0.2) is 0 Å². The van der Waals surface area contributed by atoms with E-state index in [-0.39, 0.29) is 11.8 Å². The van der Waals surface area contributed by atoms with Crippen molar-refractivity contribution in [2.75, 3.05) is 7.11 Å². The van der Waals surface area contributed by atoms with Crippen molar-refractivity contribution in [3.63, 3.8) is 0 Å². The van der Waals surface area contributed by atoms with Crippen molar-refractivity contribution < 1.29 is 19.1 Å². The van der Waals surface area contributed by atoms with Gasteiger partial charge in [0.1, 0.15) is 12.1 Å². The predicted octanol–water partition coefficient (Wildman–Crippen LogP) is 2.64. The van der Waals surface area contributed by atoms with E-state index in [1.807, 2.05) is 74.5 Å². The van der Waals surface area contributed by atoms with Crippen LogP contribution in [0.5, 0.6) is 0 Å². The molecule has 0 unspecified atom stereocenters. The minimum atomic E-state index is -0.952. The zero-order chi connectivity index (χ0) is 21.4. The second-order valence-electron chi connectivity index (χ2n) is 7.23. The first-order chi connectivity index (χ1) is 13.8. The molecule has 2 atom stereocenters. The Balaban J connectivity index is 2.45. The highest BCUT2D eigenvalue weighted by Gasteiger charge is 2.35. The molecule has 0 aromatic heterocycles. The maximum atomic E-state index is 13.0. The summed E-state index contributed by atoms with van der Waals surface area (Å²) in [5.74, 6) is -1.89. The quantitative estimate of drug-likeness (QED) is 0.672. The minimum Gasteiger partial charge on any atom is -0.467 e. The molecule has 0 spiro atoms. The van der Waals surface area contributed by atoms with Gasteiger partial charge in [-0.05, 0) is 17.0 Å². The van der Waals surface area contributed by atoms with Gasteiger partial charge in [-0.1, -0.05) is 74.5 Å². The molecule has 0 saturated heterocycles. The Morgan fingerprint density at radius 3 is 1.66 bits per heavy atom. The second kappa shape index (κ2) is 10.4. The van der Waals surface area contributed by atoms with E-state index in [1.54, 1.807) is 0 Å². The number of hydrogen-bond acceptors (Lipinski definition) is 4. The molecule has 6 heteroatoms. The first kappa shape index (κ1) is 22.1. The fourth-order valence-electron chi connectivity index (χ4n) is 3.30. The summed E-state index contributed by atoms with van der Waals surface area (Å²) in [6, 6.07) is 17.3. The minimum absolute atomic E-state index is 0.149. The van der Waals surface area contributed by atoms with Gasteiger partial charge < -0.3 is 15.4 Å². The van der Waals surface area contributed by atoms with Gasteiger partial charge in [-0.25, -0.2) is 4.79 Å². The number of hydrogen-bond donors (Lipinski definition) is 2. The molecular formula is C23H28N2O4. The van der Waals surface area contributed by atoms with Gasteiger partial charge in [0, 0.05) is 12.8 Å². The predicted molar refractivity (Wildman–Crippen MR) is 111 cm³/mol. The van der Waals surface area contributed by atoms with Crippen LogP contribution in [-0.4, -0.2) is 37.0 Å². The van der Waals surface area contributed by atoms with Crippen LogP contribution >= 0.6 is 0 Å². The molecule has 0 aliphatic rings. The van der Waals surface area contributed by atoms with Gasteiger partial charge in [-0.3, -0.25) is 9.59 Å². The summed E-state index contributed by atoms with van der Waals surface area (Å²) >= 11 is 0. The number of amides is 2. The summed E-state index contributed by atoms with van der Waals surface area (Å²) in [6.45, 7) is 5.02. The van der Waals surface area contributed by atoms with Gasteiger partial charge in [0.2, 0.25) is 11.8 Å². The molecule has 2 aromatic rings. The normalized spacial score (nSPS) is 12.9. The Bertz CT molecular complexity index is 782. The molecular weight excluding hydrogens is 368 g/mol. The maximum Gasteiger partial charge on any atom is 0.329 e. The zero-order valence-corrected chi connectivity index (χ0v) is 17.2. The fourth-order valence-corrected chi connectivity index (χ4v) is 3.30. The lowest BCUT2D eigenvalue weighted by Crippen LogP contribution is -2.55. The van der Waals surface area contributed by atoms with E-state index < -0.39 is 29.9 Å². The van der Waals surface area contributed by atoms with E-state index in [4.69, 9.17) is 4.74 Å². The van der Waals surface area contributed by atoms with E-state index in [0.717, 1.165) is 11.1 Å². The summed E-state index contributed by atoms with van der Waals surface area (Å²) in [5, 5.41) is 5.48. The number of rotatable bonds is 8. The number of nitrogens with one attached hydrogen (secondary N) is 2. The number of benzene rings is 2. The van der Waals surface area contributed by atoms with Crippen LogP contribution < -0.4 is 10.6 Å². The van der Waals surface area contributed by atoms with Gasteiger partial charge >= 0.3 is 5.97 Å².